The molecule has 0 aliphatic rings. The molecule has 7 N–H and O–H groups in total. The van der Waals surface area contributed by atoms with Crippen LogP contribution in [0.25, 0.3) is 0 Å². The zero-order chi connectivity index (χ0) is 24.0. The molecule has 0 saturated carbocycles. The molecule has 0 aliphatic carbocycles. The van der Waals surface area contributed by atoms with Gasteiger partial charge in [0.25, 0.3) is 0 Å². The van der Waals surface area contributed by atoms with Crippen molar-refractivity contribution in [1.29, 1.82) is 0 Å². The molecule has 11 nitrogen and oxygen atoms in total. The molecule has 31 heavy (non-hydrogen) atoms. The molecule has 4 atom stereocenters. The van der Waals surface area contributed by atoms with Gasteiger partial charge in [0.15, 0.2) is 0 Å². The Labute approximate surface area is 190 Å². The third-order valence-electron chi connectivity index (χ3n) is 4.16. The molecule has 0 bridgehead atoms. The average molecular weight is 481 g/mol. The van der Waals surface area contributed by atoms with E-state index in [4.69, 9.17) is 10.8 Å². The van der Waals surface area contributed by atoms with E-state index >= 15 is 0 Å². The van der Waals surface area contributed by atoms with Crippen molar-refractivity contribution in [2.75, 3.05) is 24.0 Å². The molecule has 0 fully saturated rings. The van der Waals surface area contributed by atoms with Gasteiger partial charge in [0, 0.05) is 6.42 Å². The van der Waals surface area contributed by atoms with Gasteiger partial charge in [-0.2, -0.15) is 23.5 Å². The van der Waals surface area contributed by atoms with Crippen LogP contribution in [-0.4, -0.2) is 88.1 Å². The molecule has 13 heteroatoms. The number of aliphatic carboxylic acids is 2. The first-order chi connectivity index (χ1) is 14.5. The van der Waals surface area contributed by atoms with Gasteiger partial charge in [0.05, 0.1) is 6.04 Å². The Morgan fingerprint density at radius 3 is 1.61 bits per heavy atom. The van der Waals surface area contributed by atoms with Crippen LogP contribution in [0.15, 0.2) is 0 Å². The van der Waals surface area contributed by atoms with Crippen LogP contribution in [0.1, 0.15) is 32.6 Å². The Morgan fingerprint density at radius 2 is 1.19 bits per heavy atom. The second-order valence-electron chi connectivity index (χ2n) is 6.81. The number of hydrogen-bond donors (Lipinski definition) is 6. The Balaban J connectivity index is 5.40. The van der Waals surface area contributed by atoms with Gasteiger partial charge in [-0.25, -0.2) is 4.79 Å². The lowest BCUT2D eigenvalue weighted by atomic mass is 10.1. The van der Waals surface area contributed by atoms with Crippen molar-refractivity contribution in [1.82, 2.24) is 16.0 Å². The van der Waals surface area contributed by atoms with E-state index in [0.29, 0.717) is 11.5 Å². The van der Waals surface area contributed by atoms with Crippen molar-refractivity contribution in [3.05, 3.63) is 0 Å². The van der Waals surface area contributed by atoms with Crippen LogP contribution in [0.4, 0.5) is 0 Å². The largest absolute Gasteiger partial charge is 0.481 e. The number of nitrogens with two attached hydrogens (primary N) is 1. The van der Waals surface area contributed by atoms with E-state index in [1.165, 1.54) is 30.4 Å². The van der Waals surface area contributed by atoms with Gasteiger partial charge in [-0.3, -0.25) is 19.2 Å². The monoisotopic (exact) mass is 480 g/mol. The minimum absolute atomic E-state index is 0.169. The molecule has 0 spiro atoms. The summed E-state index contributed by atoms with van der Waals surface area (Å²) in [4.78, 5) is 59.7. The highest BCUT2D eigenvalue weighted by Crippen LogP contribution is 2.06. The molecule has 0 rings (SSSR count). The van der Waals surface area contributed by atoms with E-state index in [9.17, 15) is 29.1 Å². The summed E-state index contributed by atoms with van der Waals surface area (Å²) in [5, 5.41) is 25.6. The summed E-state index contributed by atoms with van der Waals surface area (Å²) in [6.45, 7) is 1.46. The molecule has 0 saturated heterocycles. The average Bonchev–Trinajstić information content (AvgIpc) is 2.70. The van der Waals surface area contributed by atoms with Crippen LogP contribution >= 0.6 is 23.5 Å². The normalized spacial score (nSPS) is 14.6. The van der Waals surface area contributed by atoms with Crippen LogP contribution in [0.2, 0.25) is 0 Å². The minimum Gasteiger partial charge on any atom is -0.481 e. The van der Waals surface area contributed by atoms with Gasteiger partial charge in [-0.05, 0) is 50.2 Å². The molecular formula is C18H32N4O7S2. The van der Waals surface area contributed by atoms with Gasteiger partial charge in [-0.15, -0.1) is 0 Å². The second-order valence-corrected chi connectivity index (χ2v) is 8.78. The summed E-state index contributed by atoms with van der Waals surface area (Å²) in [5.74, 6) is -3.39. The molecule has 3 amide bonds. The van der Waals surface area contributed by atoms with Gasteiger partial charge < -0.3 is 31.9 Å². The Kier molecular flexibility index (Phi) is 14.7. The van der Waals surface area contributed by atoms with Gasteiger partial charge >= 0.3 is 11.9 Å². The van der Waals surface area contributed by atoms with Crippen molar-refractivity contribution >= 4 is 53.2 Å². The number of thioether (sulfide) groups is 2. The summed E-state index contributed by atoms with van der Waals surface area (Å²) >= 11 is 2.87. The summed E-state index contributed by atoms with van der Waals surface area (Å²) in [6.07, 6.45) is 3.40. The highest BCUT2D eigenvalue weighted by molar-refractivity contribution is 7.98. The first kappa shape index (κ1) is 29.0. The lowest BCUT2D eigenvalue weighted by molar-refractivity contribution is -0.143. The predicted molar refractivity (Wildman–Crippen MR) is 120 cm³/mol. The maximum absolute atomic E-state index is 12.7. The van der Waals surface area contributed by atoms with E-state index in [2.05, 4.69) is 16.0 Å². The Hall–Kier alpha value is -1.99. The third-order valence-corrected chi connectivity index (χ3v) is 5.45. The number of hydrogen-bond acceptors (Lipinski definition) is 8. The van der Waals surface area contributed by atoms with E-state index in [1.54, 1.807) is 6.26 Å². The van der Waals surface area contributed by atoms with Crippen LogP contribution in [0.3, 0.4) is 0 Å². The van der Waals surface area contributed by atoms with Gasteiger partial charge in [0.1, 0.15) is 18.1 Å². The van der Waals surface area contributed by atoms with Crippen molar-refractivity contribution < 1.29 is 34.2 Å². The fraction of sp³-hybridized carbons (Fsp3) is 0.722. The lowest BCUT2D eigenvalue weighted by Crippen LogP contribution is -2.57. The molecule has 0 aliphatic heterocycles. The predicted octanol–water partition coefficient (Wildman–Crippen LogP) is -0.756. The molecule has 0 radical (unpaired) electrons. The van der Waals surface area contributed by atoms with E-state index in [0.717, 1.165) is 0 Å². The molecular weight excluding hydrogens is 448 g/mol. The molecule has 178 valence electrons. The summed E-state index contributed by atoms with van der Waals surface area (Å²) in [7, 11) is 0. The van der Waals surface area contributed by atoms with E-state index in [1.807, 2.05) is 6.26 Å². The highest BCUT2D eigenvalue weighted by Gasteiger charge is 2.30. The molecule has 0 aromatic carbocycles. The van der Waals surface area contributed by atoms with E-state index in [-0.39, 0.29) is 19.3 Å². The third kappa shape index (κ3) is 12.5. The zero-order valence-electron chi connectivity index (χ0n) is 17.9. The second kappa shape index (κ2) is 15.8. The lowest BCUT2D eigenvalue weighted by Gasteiger charge is -2.24. The van der Waals surface area contributed by atoms with Crippen molar-refractivity contribution in [3.63, 3.8) is 0 Å². The zero-order valence-corrected chi connectivity index (χ0v) is 19.5. The quantitative estimate of drug-likeness (QED) is 0.164. The van der Waals surface area contributed by atoms with Crippen molar-refractivity contribution in [3.8, 4) is 0 Å². The molecule has 0 aromatic rings. The highest BCUT2D eigenvalue weighted by atomic mass is 32.2. The van der Waals surface area contributed by atoms with Gasteiger partial charge in [0.2, 0.25) is 17.7 Å². The number of amides is 3. The Bertz CT molecular complexity index is 634. The van der Waals surface area contributed by atoms with Crippen LogP contribution in [0.5, 0.6) is 0 Å². The fourth-order valence-corrected chi connectivity index (χ4v) is 3.32. The summed E-state index contributed by atoms with van der Waals surface area (Å²) in [5.41, 5.74) is 5.53. The topological polar surface area (TPSA) is 188 Å². The standard InChI is InChI=1S/C18H32N4O7S2/c1-10(19)15(25)20-12(6-8-30-2)17(27)21-11(4-5-14(23)24)16(26)22-13(18(28)29)7-9-31-3/h10-13H,4-9,19H2,1-3H3,(H,20,25)(H,21,27)(H,22,26)(H,23,24)(H,28,29). The van der Waals surface area contributed by atoms with Crippen molar-refractivity contribution in [2.24, 2.45) is 5.73 Å². The SMILES string of the molecule is CSCCC(NC(=O)C(CCC(=O)O)NC(=O)C(CCSC)NC(=O)C(C)N)C(=O)O. The number of carbonyl (C=O) groups excluding carboxylic acids is 3. The van der Waals surface area contributed by atoms with Crippen molar-refractivity contribution in [2.45, 2.75) is 56.8 Å². The van der Waals surface area contributed by atoms with Crippen LogP contribution < -0.4 is 21.7 Å². The Morgan fingerprint density at radius 1 is 0.774 bits per heavy atom. The number of rotatable bonds is 16. The van der Waals surface area contributed by atoms with E-state index < -0.39 is 60.2 Å². The molecule has 0 aromatic heterocycles. The molecule has 0 heterocycles. The first-order valence-electron chi connectivity index (χ1n) is 9.62. The van der Waals surface area contributed by atoms with Gasteiger partial charge in [-0.1, -0.05) is 0 Å². The fourth-order valence-electron chi connectivity index (χ4n) is 2.38. The summed E-state index contributed by atoms with van der Waals surface area (Å²) in [6, 6.07) is -4.26. The summed E-state index contributed by atoms with van der Waals surface area (Å²) < 4.78 is 0. The van der Waals surface area contributed by atoms with Crippen LogP contribution in [-0.2, 0) is 24.0 Å². The molecule has 4 unspecified atom stereocenters. The minimum atomic E-state index is -1.27. The first-order valence-corrected chi connectivity index (χ1v) is 12.4. The maximum atomic E-state index is 12.7. The number of carboxylic acids is 2. The number of nitrogens with one attached hydrogen (secondary N) is 3. The number of carboxylic acid groups (broad SMARTS) is 2. The maximum Gasteiger partial charge on any atom is 0.326 e. The smallest absolute Gasteiger partial charge is 0.326 e. The number of carbonyl (C=O) groups is 5. The van der Waals surface area contributed by atoms with Crippen LogP contribution in [0, 0.1) is 0 Å².